The molecule has 128 valence electrons. The molecule has 0 radical (unpaired) electrons. The minimum absolute atomic E-state index is 0.186. The van der Waals surface area contributed by atoms with Gasteiger partial charge in [-0.05, 0) is 57.0 Å². The number of amides is 1. The van der Waals surface area contributed by atoms with Gasteiger partial charge in [-0.2, -0.15) is 5.10 Å². The number of halogens is 1. The summed E-state index contributed by atoms with van der Waals surface area (Å²) in [6, 6.07) is 7.73. The first kappa shape index (κ1) is 16.6. The van der Waals surface area contributed by atoms with Crippen molar-refractivity contribution in [1.29, 1.82) is 0 Å². The van der Waals surface area contributed by atoms with E-state index < -0.39 is 11.9 Å². The predicted molar refractivity (Wildman–Crippen MR) is 89.8 cm³/mol. The van der Waals surface area contributed by atoms with E-state index in [2.05, 4.69) is 10.00 Å². The zero-order chi connectivity index (χ0) is 17.3. The molecule has 5 nitrogen and oxygen atoms in total. The minimum atomic E-state index is -0.532. The van der Waals surface area contributed by atoms with Gasteiger partial charge >= 0.3 is 0 Å². The van der Waals surface area contributed by atoms with E-state index in [1.165, 1.54) is 12.1 Å². The van der Waals surface area contributed by atoms with Gasteiger partial charge in [-0.25, -0.2) is 4.39 Å². The fourth-order valence-corrected chi connectivity index (χ4v) is 3.62. The van der Waals surface area contributed by atoms with E-state index in [0.29, 0.717) is 0 Å². The van der Waals surface area contributed by atoms with Gasteiger partial charge in [-0.3, -0.25) is 14.4 Å². The van der Waals surface area contributed by atoms with Gasteiger partial charge in [0.25, 0.3) is 0 Å². The Morgan fingerprint density at radius 2 is 2.08 bits per heavy atom. The largest absolute Gasteiger partial charge is 0.368 e. The number of likely N-dealkylation sites (tertiary alicyclic amines) is 1. The summed E-state index contributed by atoms with van der Waals surface area (Å²) in [5.74, 6) is -0.718. The van der Waals surface area contributed by atoms with Gasteiger partial charge in [0.05, 0.1) is 12.2 Å². The Labute approximate surface area is 141 Å². The lowest BCUT2D eigenvalue weighted by Gasteiger charge is -2.31. The maximum Gasteiger partial charge on any atom is 0.239 e. The second-order valence-electron chi connectivity index (χ2n) is 6.50. The summed E-state index contributed by atoms with van der Waals surface area (Å²) < 4.78 is 15.2. The van der Waals surface area contributed by atoms with Crippen LogP contribution < -0.4 is 5.73 Å². The molecule has 2 aromatic rings. The quantitative estimate of drug-likeness (QED) is 0.915. The molecule has 1 amide bonds. The van der Waals surface area contributed by atoms with Gasteiger partial charge in [-0.15, -0.1) is 0 Å². The Kier molecular flexibility index (Phi) is 4.66. The Hall–Kier alpha value is -2.21. The van der Waals surface area contributed by atoms with E-state index in [1.54, 1.807) is 12.1 Å². The average Bonchev–Trinajstić information content (AvgIpc) is 3.08. The predicted octanol–water partition coefficient (Wildman–Crippen LogP) is 2.33. The van der Waals surface area contributed by atoms with Crippen LogP contribution in [0.2, 0.25) is 0 Å². The Morgan fingerprint density at radius 3 is 2.67 bits per heavy atom. The van der Waals surface area contributed by atoms with Crippen molar-refractivity contribution in [2.45, 2.75) is 45.3 Å². The molecule has 1 aromatic carbocycles. The molecule has 1 aliphatic heterocycles. The highest BCUT2D eigenvalue weighted by molar-refractivity contribution is 5.81. The number of carbonyl (C=O) groups is 1. The Bertz CT molecular complexity index is 725. The van der Waals surface area contributed by atoms with Crippen molar-refractivity contribution < 1.29 is 9.18 Å². The van der Waals surface area contributed by atoms with Crippen LogP contribution in [-0.4, -0.2) is 33.2 Å². The molecule has 2 N–H and O–H groups in total. The van der Waals surface area contributed by atoms with Crippen LogP contribution in [0.3, 0.4) is 0 Å². The molecule has 2 heterocycles. The van der Waals surface area contributed by atoms with E-state index in [9.17, 15) is 9.18 Å². The van der Waals surface area contributed by atoms with Gasteiger partial charge in [0, 0.05) is 11.7 Å². The number of primary amides is 1. The molecule has 0 aliphatic carbocycles. The standard InChI is InChI=1S/C18H23FN4O/c1-12-10-13(2)23(21-12)11-16-4-3-9-22(16)17(18(20)24)14-5-7-15(19)8-6-14/h5-8,10,16-17H,3-4,9,11H2,1-2H3,(H2,20,24)/t16-,17-/m1/s1. The van der Waals surface area contributed by atoms with Crippen molar-refractivity contribution in [3.8, 4) is 0 Å². The lowest BCUT2D eigenvalue weighted by molar-refractivity contribution is -0.124. The number of aryl methyl sites for hydroxylation is 2. The molecule has 3 rings (SSSR count). The summed E-state index contributed by atoms with van der Waals surface area (Å²) in [7, 11) is 0. The van der Waals surface area contributed by atoms with E-state index in [0.717, 1.165) is 42.9 Å². The second kappa shape index (κ2) is 6.73. The highest BCUT2D eigenvalue weighted by Gasteiger charge is 2.35. The van der Waals surface area contributed by atoms with Gasteiger partial charge in [-0.1, -0.05) is 12.1 Å². The smallest absolute Gasteiger partial charge is 0.239 e. The third-order valence-electron chi connectivity index (χ3n) is 4.70. The lowest BCUT2D eigenvalue weighted by Crippen LogP contribution is -2.42. The van der Waals surface area contributed by atoms with Crippen molar-refractivity contribution in [2.24, 2.45) is 5.73 Å². The van der Waals surface area contributed by atoms with E-state index >= 15 is 0 Å². The normalized spacial score (nSPS) is 19.5. The SMILES string of the molecule is Cc1cc(C)n(C[C@H]2CCCN2[C@@H](C(N)=O)c2ccc(F)cc2)n1. The van der Waals surface area contributed by atoms with Crippen molar-refractivity contribution >= 4 is 5.91 Å². The third-order valence-corrected chi connectivity index (χ3v) is 4.70. The molecule has 1 fully saturated rings. The number of carbonyl (C=O) groups excluding carboxylic acids is 1. The van der Waals surface area contributed by atoms with Gasteiger partial charge < -0.3 is 5.73 Å². The van der Waals surface area contributed by atoms with E-state index in [4.69, 9.17) is 5.73 Å². The van der Waals surface area contributed by atoms with Crippen LogP contribution in [-0.2, 0) is 11.3 Å². The topological polar surface area (TPSA) is 64.2 Å². The number of hydrogen-bond acceptors (Lipinski definition) is 3. The maximum atomic E-state index is 13.2. The number of aromatic nitrogens is 2. The molecular weight excluding hydrogens is 307 g/mol. The molecule has 1 aliphatic rings. The van der Waals surface area contributed by atoms with Crippen molar-refractivity contribution in [2.75, 3.05) is 6.54 Å². The first-order chi connectivity index (χ1) is 11.5. The summed E-state index contributed by atoms with van der Waals surface area (Å²) in [4.78, 5) is 14.2. The summed E-state index contributed by atoms with van der Waals surface area (Å²) in [6.07, 6.45) is 2.00. The van der Waals surface area contributed by atoms with Gasteiger partial charge in [0.2, 0.25) is 5.91 Å². The van der Waals surface area contributed by atoms with Crippen molar-refractivity contribution in [3.63, 3.8) is 0 Å². The monoisotopic (exact) mass is 330 g/mol. The van der Waals surface area contributed by atoms with E-state index in [-0.39, 0.29) is 11.9 Å². The summed E-state index contributed by atoms with van der Waals surface area (Å²) >= 11 is 0. The first-order valence-corrected chi connectivity index (χ1v) is 8.27. The molecule has 2 atom stereocenters. The van der Waals surface area contributed by atoms with Crippen molar-refractivity contribution in [3.05, 3.63) is 53.1 Å². The van der Waals surface area contributed by atoms with Crippen LogP contribution in [0.25, 0.3) is 0 Å². The number of nitrogens with two attached hydrogens (primary N) is 1. The van der Waals surface area contributed by atoms with Crippen LogP contribution in [0.4, 0.5) is 4.39 Å². The maximum absolute atomic E-state index is 13.2. The third kappa shape index (κ3) is 3.33. The molecule has 24 heavy (non-hydrogen) atoms. The zero-order valence-electron chi connectivity index (χ0n) is 14.1. The van der Waals surface area contributed by atoms with Crippen LogP contribution in [0.1, 0.15) is 35.8 Å². The Morgan fingerprint density at radius 1 is 1.38 bits per heavy atom. The second-order valence-corrected chi connectivity index (χ2v) is 6.50. The van der Waals surface area contributed by atoms with E-state index in [1.807, 2.05) is 24.6 Å². The summed E-state index contributed by atoms with van der Waals surface area (Å²) in [6.45, 7) is 5.53. The minimum Gasteiger partial charge on any atom is -0.368 e. The molecule has 6 heteroatoms. The number of rotatable bonds is 5. The van der Waals surface area contributed by atoms with Crippen LogP contribution in [0.5, 0.6) is 0 Å². The number of nitrogens with zero attached hydrogens (tertiary/aromatic N) is 3. The molecule has 0 spiro atoms. The zero-order valence-corrected chi connectivity index (χ0v) is 14.1. The molecular formula is C18H23FN4O. The number of benzene rings is 1. The lowest BCUT2D eigenvalue weighted by atomic mass is 10.0. The average molecular weight is 330 g/mol. The molecule has 0 bridgehead atoms. The Balaban J connectivity index is 1.85. The molecule has 0 unspecified atom stereocenters. The van der Waals surface area contributed by atoms with Crippen LogP contribution in [0.15, 0.2) is 30.3 Å². The molecule has 0 saturated carbocycles. The highest BCUT2D eigenvalue weighted by atomic mass is 19.1. The van der Waals surface area contributed by atoms with Gasteiger partial charge in [0.1, 0.15) is 11.9 Å². The molecule has 1 saturated heterocycles. The summed E-state index contributed by atoms with van der Waals surface area (Å²) in [5.41, 5.74) is 8.52. The van der Waals surface area contributed by atoms with Gasteiger partial charge in [0.15, 0.2) is 0 Å². The molecule has 1 aromatic heterocycles. The highest BCUT2D eigenvalue weighted by Crippen LogP contribution is 2.30. The van der Waals surface area contributed by atoms with Crippen LogP contribution in [0, 0.1) is 19.7 Å². The fourth-order valence-electron chi connectivity index (χ4n) is 3.62. The van der Waals surface area contributed by atoms with Crippen LogP contribution >= 0.6 is 0 Å². The number of hydrogen-bond donors (Lipinski definition) is 1. The first-order valence-electron chi connectivity index (χ1n) is 8.27. The van der Waals surface area contributed by atoms with Crippen molar-refractivity contribution in [1.82, 2.24) is 14.7 Å². The summed E-state index contributed by atoms with van der Waals surface area (Å²) in [5, 5.41) is 4.52. The fraction of sp³-hybridized carbons (Fsp3) is 0.444.